The van der Waals surface area contributed by atoms with Crippen molar-refractivity contribution in [2.24, 2.45) is 39.8 Å². The van der Waals surface area contributed by atoms with Crippen LogP contribution in [0.1, 0.15) is 131 Å². The fraction of sp³-hybridized carbons (Fsp3) is 0.635. The fourth-order valence-electron chi connectivity index (χ4n) is 9.37. The van der Waals surface area contributed by atoms with Crippen LogP contribution < -0.4 is 81.2 Å². The lowest BCUT2D eigenvalue weighted by atomic mass is 9.97. The third-order valence-electron chi connectivity index (χ3n) is 15.2. The van der Waals surface area contributed by atoms with Crippen LogP contribution in [0.4, 0.5) is 13.2 Å². The van der Waals surface area contributed by atoms with Crippen molar-refractivity contribution >= 4 is 101 Å². The number of halogens is 3. The molecule has 0 spiro atoms. The van der Waals surface area contributed by atoms with Crippen LogP contribution in [0, 0.1) is 11.8 Å². The SMILES string of the molecule is CC[C@H](C)[C@H](NC(=O)[C@@H](N)CCC(=O)O)C(=O)N[C@@H](C)C(=O)N[C@@H](CCC(N)=O)C(=O)N[C@@H](CC(=O)O)C(=O)N[C@@H](Cc1ccccc1)C(=O)N[C@@H](CCCC[N+](C)(C)C)C(=O)N[C@H](C(=O)N[C@@H](CC(=O)O)C(=O)N[C@@H](CC(C)C)C(=O)N[C@@H](CCCN=C(N)N)C(=O)O)[C@@H](C)O.O=C([O-])C(F)(F)F. The number of nitrogens with two attached hydrogens (primary N) is 4. The average molecular weight is 1490 g/mol. The molecule has 0 unspecified atom stereocenters. The van der Waals surface area contributed by atoms with Gasteiger partial charge in [0.05, 0.1) is 52.7 Å². The number of aliphatic carboxylic acids is 5. The zero-order valence-electron chi connectivity index (χ0n) is 59.3. The molecule has 11 amide bonds. The van der Waals surface area contributed by atoms with Crippen LogP contribution in [0.3, 0.4) is 0 Å². The first kappa shape index (κ1) is 93.7. The molecule has 0 heterocycles. The molecule has 0 fully saturated rings. The number of carboxylic acid groups (broad SMARTS) is 5. The van der Waals surface area contributed by atoms with E-state index in [9.17, 15) is 106 Å². The molecule has 0 aliphatic carbocycles. The maximum atomic E-state index is 14.7. The lowest BCUT2D eigenvalue weighted by molar-refractivity contribution is -0.870. The zero-order chi connectivity index (χ0) is 80.1. The minimum absolute atomic E-state index is 0.0289. The van der Waals surface area contributed by atoms with E-state index in [2.05, 4.69) is 58.2 Å². The van der Waals surface area contributed by atoms with Crippen LogP contribution in [0.5, 0.6) is 0 Å². The smallest absolute Gasteiger partial charge is 0.430 e. The van der Waals surface area contributed by atoms with E-state index in [4.69, 9.17) is 37.9 Å². The number of hydrogen-bond donors (Lipinski definition) is 19. The number of aliphatic hydroxyl groups excluding tert-OH is 1. The summed E-state index contributed by atoms with van der Waals surface area (Å²) in [5.41, 5.74) is 22.3. The topological polar surface area (TPSA) is 634 Å². The van der Waals surface area contributed by atoms with Crippen LogP contribution in [-0.2, 0) is 83.1 Å². The van der Waals surface area contributed by atoms with Crippen molar-refractivity contribution in [3.05, 3.63) is 35.9 Å². The number of nitrogens with zero attached hydrogens (tertiary/aromatic N) is 2. The number of alkyl halides is 3. The molecule has 1 aromatic carbocycles. The van der Waals surface area contributed by atoms with Crippen molar-refractivity contribution in [1.29, 1.82) is 0 Å². The van der Waals surface area contributed by atoms with Crippen molar-refractivity contribution in [2.75, 3.05) is 34.2 Å². The number of quaternary nitrogens is 1. The van der Waals surface area contributed by atoms with Gasteiger partial charge in [-0.25, -0.2) is 4.79 Å². The Morgan fingerprint density at radius 3 is 1.42 bits per heavy atom. The van der Waals surface area contributed by atoms with E-state index in [1.54, 1.807) is 58.0 Å². The van der Waals surface area contributed by atoms with E-state index in [1.807, 2.05) is 21.1 Å². The molecule has 13 atom stereocenters. The molecule has 1 aromatic rings. The molecule has 586 valence electrons. The van der Waals surface area contributed by atoms with Gasteiger partial charge in [0, 0.05) is 25.8 Å². The molecule has 0 saturated heterocycles. The molecule has 0 aliphatic heterocycles. The molecule has 1 rings (SSSR count). The minimum Gasteiger partial charge on any atom is -0.542 e. The number of aliphatic imine (C=N–C) groups is 1. The summed E-state index contributed by atoms with van der Waals surface area (Å²) in [4.78, 5) is 212. The number of primary amides is 1. The highest BCUT2D eigenvalue weighted by molar-refractivity contribution is 6.00. The Bertz CT molecular complexity index is 3140. The van der Waals surface area contributed by atoms with Crippen molar-refractivity contribution in [1.82, 2.24) is 53.2 Å². The lowest BCUT2D eigenvalue weighted by Gasteiger charge is -2.29. The van der Waals surface area contributed by atoms with Crippen molar-refractivity contribution < 1.29 is 125 Å². The van der Waals surface area contributed by atoms with Gasteiger partial charge in [-0.3, -0.25) is 72.1 Å². The third-order valence-corrected chi connectivity index (χ3v) is 15.2. The maximum absolute atomic E-state index is 14.7. The number of carbonyl (C=O) groups is 16. The van der Waals surface area contributed by atoms with E-state index in [0.29, 0.717) is 29.4 Å². The highest BCUT2D eigenvalue weighted by atomic mass is 19.4. The van der Waals surface area contributed by atoms with Gasteiger partial charge in [-0.2, -0.15) is 13.2 Å². The van der Waals surface area contributed by atoms with Crippen LogP contribution in [0.2, 0.25) is 0 Å². The molecule has 0 radical (unpaired) electrons. The van der Waals surface area contributed by atoms with E-state index >= 15 is 0 Å². The Hall–Kier alpha value is -10.3. The summed E-state index contributed by atoms with van der Waals surface area (Å²) >= 11 is 0. The van der Waals surface area contributed by atoms with E-state index in [0.717, 1.165) is 6.92 Å². The predicted octanol–water partition coefficient (Wildman–Crippen LogP) is -5.71. The molecule has 0 saturated carbocycles. The number of rotatable bonds is 47. The molecule has 0 aromatic heterocycles. The molecule has 104 heavy (non-hydrogen) atoms. The van der Waals surface area contributed by atoms with Gasteiger partial charge >= 0.3 is 30.1 Å². The molecular formula is C63H101F3N16O22. The third kappa shape index (κ3) is 39.2. The van der Waals surface area contributed by atoms with Gasteiger partial charge in [0.25, 0.3) is 0 Å². The number of aliphatic hydroxyl groups is 1. The van der Waals surface area contributed by atoms with Crippen LogP contribution in [-0.4, -0.2) is 244 Å². The van der Waals surface area contributed by atoms with E-state index in [1.165, 1.54) is 6.92 Å². The average Bonchev–Trinajstić information content (AvgIpc) is 0.857. The molecule has 0 aliphatic rings. The molecule has 23 N–H and O–H groups in total. The van der Waals surface area contributed by atoms with Gasteiger partial charge in [-0.1, -0.05) is 64.4 Å². The van der Waals surface area contributed by atoms with Gasteiger partial charge < -0.3 is 116 Å². The number of hydrogen-bond acceptors (Lipinski definition) is 20. The summed E-state index contributed by atoms with van der Waals surface area (Å²) in [6, 6.07) is -10.2. The molecule has 38 nitrogen and oxygen atoms in total. The zero-order valence-corrected chi connectivity index (χ0v) is 59.3. The maximum Gasteiger partial charge on any atom is 0.430 e. The standard InChI is InChI=1S/C61H100N16O20.C2HF3O2/c1-10-32(4)48(75-51(87)36(62)21-24-45(80)81)58(94)67-33(5)50(86)68-38(22-23-44(63)79)52(88)73-42(29-46(82)83)56(92)72-41(28-35-17-12-11-13-18-35)55(91)69-37(19-14-15-26-77(7,8)9)53(89)76-49(34(6)78)59(95)74-43(30-47(84)85)57(93)71-40(27-31(2)3)54(90)70-39(60(96)97)20-16-25-66-61(64)65;3-2(4,5)1(6)7/h11-13,17-18,31-34,36-43,48-49,78H,10,14-16,19-30,62H2,1-9H3,(H19-,63,64,65,66,67,68,69,70,71,72,73,74,75,76,79,80,81,82,83,84,85,86,87,88,89,90,91,92,93,94,95,96,97);(H,6,7)/t32-,33-,34+,36-,37-,38-,39-,40-,41-,42-,43-,48-,49-;/m0./s1. The number of amides is 11. The lowest BCUT2D eigenvalue weighted by Crippen LogP contribution is -2.62. The Kier molecular flexibility index (Phi) is 41.7. The van der Waals surface area contributed by atoms with E-state index < -0.39 is 212 Å². The highest BCUT2D eigenvalue weighted by Gasteiger charge is 2.39. The normalized spacial score (nSPS) is 15.0. The largest absolute Gasteiger partial charge is 0.542 e. The summed E-state index contributed by atoms with van der Waals surface area (Å²) in [5, 5.41) is 82.2. The van der Waals surface area contributed by atoms with Crippen LogP contribution >= 0.6 is 0 Å². The number of nitrogens with one attached hydrogen (secondary N) is 10. The summed E-state index contributed by atoms with van der Waals surface area (Å²) in [7, 11) is 5.68. The number of carbonyl (C=O) groups excluding carboxylic acids is 12. The van der Waals surface area contributed by atoms with E-state index in [-0.39, 0.29) is 63.4 Å². The number of benzene rings is 1. The minimum atomic E-state index is -5.19. The summed E-state index contributed by atoms with van der Waals surface area (Å²) in [6.07, 6.45) is -10.7. The second-order valence-corrected chi connectivity index (χ2v) is 25.9. The first-order valence-corrected chi connectivity index (χ1v) is 32.9. The number of guanidine groups is 1. The molecule has 0 bridgehead atoms. The molecular weight excluding hydrogens is 1390 g/mol. The van der Waals surface area contributed by atoms with Gasteiger partial charge in [-0.05, 0) is 82.6 Å². The van der Waals surface area contributed by atoms with Crippen molar-refractivity contribution in [2.45, 2.75) is 210 Å². The van der Waals surface area contributed by atoms with Gasteiger partial charge in [0.2, 0.25) is 65.0 Å². The fourth-order valence-corrected chi connectivity index (χ4v) is 9.37. The first-order valence-electron chi connectivity index (χ1n) is 32.9. The molecule has 41 heteroatoms. The van der Waals surface area contributed by atoms with Crippen LogP contribution in [0.15, 0.2) is 35.3 Å². The monoisotopic (exact) mass is 1490 g/mol. The van der Waals surface area contributed by atoms with Crippen molar-refractivity contribution in [3.63, 3.8) is 0 Å². The first-order chi connectivity index (χ1) is 48.1. The second kappa shape index (κ2) is 46.3. The number of carboxylic acids is 5. The summed E-state index contributed by atoms with van der Waals surface area (Å²) < 4.78 is 32.0. The highest BCUT2D eigenvalue weighted by Crippen LogP contribution is 2.15. The Morgan fingerprint density at radius 2 is 0.952 bits per heavy atom. The quantitative estimate of drug-likeness (QED) is 0.0125. The number of unbranched alkanes of at least 4 members (excludes halogenated alkanes) is 1. The van der Waals surface area contributed by atoms with Crippen molar-refractivity contribution in [3.8, 4) is 0 Å². The Labute approximate surface area is 597 Å². The second-order valence-electron chi connectivity index (χ2n) is 25.9. The van der Waals surface area contributed by atoms with Gasteiger partial charge in [-0.15, -0.1) is 0 Å². The Morgan fingerprint density at radius 1 is 0.519 bits per heavy atom. The summed E-state index contributed by atoms with van der Waals surface area (Å²) in [6.45, 7) is 9.50. The van der Waals surface area contributed by atoms with Crippen LogP contribution in [0.25, 0.3) is 0 Å². The summed E-state index contributed by atoms with van der Waals surface area (Å²) in [5.74, 6) is -22.0. The van der Waals surface area contributed by atoms with Gasteiger partial charge in [0.1, 0.15) is 66.4 Å². The Balaban J connectivity index is 0.0000143. The van der Waals surface area contributed by atoms with Gasteiger partial charge in [0.15, 0.2) is 5.96 Å². The predicted molar refractivity (Wildman–Crippen MR) is 359 cm³/mol.